The molecule has 0 fully saturated rings. The van der Waals surface area contributed by atoms with Gasteiger partial charge in [-0.3, -0.25) is 0 Å². The van der Waals surface area contributed by atoms with Crippen LogP contribution in [0.4, 0.5) is 0 Å². The molecule has 0 nitrogen and oxygen atoms in total. The van der Waals surface area contributed by atoms with Crippen LogP contribution in [-0.2, 0) is 22.9 Å². The minimum atomic E-state index is -0.972. The SMILES string of the molecule is CCCCC1=[C]([Hf][C]2=C(CCCC)CC(CC)=C2CC)C(CC)=C(CC)C1. The van der Waals surface area contributed by atoms with Crippen molar-refractivity contribution in [3.05, 3.63) is 40.1 Å². The number of unbranched alkanes of at least 4 members (excludes halogenated alkanes) is 2. The van der Waals surface area contributed by atoms with E-state index in [0.29, 0.717) is 0 Å². The summed E-state index contributed by atoms with van der Waals surface area (Å²) in [5, 5.41) is 0. The Morgan fingerprint density at radius 3 is 1.26 bits per heavy atom. The summed E-state index contributed by atoms with van der Waals surface area (Å²) >= 11 is -0.972. The summed E-state index contributed by atoms with van der Waals surface area (Å²) in [5.74, 6) is 0. The van der Waals surface area contributed by atoms with Crippen molar-refractivity contribution in [1.82, 2.24) is 0 Å². The molecule has 2 aliphatic carbocycles. The molecule has 0 bridgehead atoms. The van der Waals surface area contributed by atoms with E-state index in [-0.39, 0.29) is 0 Å². The molecule has 0 N–H and O–H groups in total. The van der Waals surface area contributed by atoms with Crippen molar-refractivity contribution in [3.8, 4) is 0 Å². The fourth-order valence-corrected chi connectivity index (χ4v) is 12.2. The van der Waals surface area contributed by atoms with Crippen LogP contribution in [0.5, 0.6) is 0 Å². The predicted octanol–water partition coefficient (Wildman–Crippen LogP) is 9.00. The van der Waals surface area contributed by atoms with Gasteiger partial charge in [-0.15, -0.1) is 0 Å². The maximum atomic E-state index is 2.41. The Kier molecular flexibility index (Phi) is 10.0. The molecule has 0 aromatic carbocycles. The zero-order valence-corrected chi connectivity index (χ0v) is 22.6. The number of hydrogen-bond acceptors (Lipinski definition) is 0. The van der Waals surface area contributed by atoms with Gasteiger partial charge in [-0.25, -0.2) is 0 Å². The Morgan fingerprint density at radius 2 is 0.963 bits per heavy atom. The normalized spacial score (nSPS) is 17.9. The van der Waals surface area contributed by atoms with Crippen LogP contribution in [0.25, 0.3) is 0 Å². The Labute approximate surface area is 181 Å². The van der Waals surface area contributed by atoms with Gasteiger partial charge in [0.05, 0.1) is 0 Å². The van der Waals surface area contributed by atoms with Gasteiger partial charge in [-0.05, 0) is 0 Å². The molecule has 0 saturated carbocycles. The van der Waals surface area contributed by atoms with Gasteiger partial charge in [0, 0.05) is 0 Å². The summed E-state index contributed by atoms with van der Waals surface area (Å²) in [6, 6.07) is 0. The van der Waals surface area contributed by atoms with Crippen LogP contribution in [0.3, 0.4) is 0 Å². The first kappa shape index (κ1) is 23.1. The molecule has 2 aliphatic rings. The van der Waals surface area contributed by atoms with Crippen molar-refractivity contribution in [1.29, 1.82) is 0 Å². The van der Waals surface area contributed by atoms with Gasteiger partial charge < -0.3 is 0 Å². The average Bonchev–Trinajstić information content (AvgIpc) is 3.21. The fourth-order valence-electron chi connectivity index (χ4n) is 4.88. The Morgan fingerprint density at radius 1 is 0.556 bits per heavy atom. The quantitative estimate of drug-likeness (QED) is 0.220. The first-order valence-corrected chi connectivity index (χ1v) is 15.4. The van der Waals surface area contributed by atoms with E-state index in [4.69, 9.17) is 0 Å². The van der Waals surface area contributed by atoms with Crippen molar-refractivity contribution >= 4 is 0 Å². The van der Waals surface area contributed by atoms with Gasteiger partial charge >= 0.3 is 182 Å². The molecule has 27 heavy (non-hydrogen) atoms. The third kappa shape index (κ3) is 5.46. The summed E-state index contributed by atoms with van der Waals surface area (Å²) in [6.07, 6.45) is 15.9. The zero-order chi connectivity index (χ0) is 19.8. The summed E-state index contributed by atoms with van der Waals surface area (Å²) < 4.78 is 3.91. The van der Waals surface area contributed by atoms with E-state index < -0.39 is 22.9 Å². The Hall–Kier alpha value is -0.170. The van der Waals surface area contributed by atoms with Crippen molar-refractivity contribution < 1.29 is 22.9 Å². The van der Waals surface area contributed by atoms with Crippen molar-refractivity contribution in [3.63, 3.8) is 0 Å². The van der Waals surface area contributed by atoms with E-state index in [0.717, 1.165) is 0 Å². The van der Waals surface area contributed by atoms with E-state index in [9.17, 15) is 0 Å². The molecule has 1 heteroatoms. The van der Waals surface area contributed by atoms with Gasteiger partial charge in [0.15, 0.2) is 0 Å². The summed E-state index contributed by atoms with van der Waals surface area (Å²) in [7, 11) is 0. The standard InChI is InChI=1S/2C13H21.Hf/c2*1-4-7-8-11-9-12(5-2)13(6-3)10-11;/h2*4-9H2,1-3H3;. The molecule has 0 spiro atoms. The van der Waals surface area contributed by atoms with Crippen molar-refractivity contribution in [2.75, 3.05) is 0 Å². The van der Waals surface area contributed by atoms with Gasteiger partial charge in [0.1, 0.15) is 0 Å². The van der Waals surface area contributed by atoms with E-state index in [2.05, 4.69) is 41.5 Å². The second-order valence-corrected chi connectivity index (χ2v) is 12.7. The number of allylic oxidation sites excluding steroid dienone is 8. The Balaban J connectivity index is 2.42. The van der Waals surface area contributed by atoms with Crippen LogP contribution in [0.15, 0.2) is 40.1 Å². The topological polar surface area (TPSA) is 0 Å². The average molecular weight is 533 g/mol. The second kappa shape index (κ2) is 11.7. The van der Waals surface area contributed by atoms with E-state index in [1.54, 1.807) is 11.1 Å². The molecule has 0 aromatic rings. The van der Waals surface area contributed by atoms with E-state index >= 15 is 0 Å². The van der Waals surface area contributed by atoms with Crippen LogP contribution < -0.4 is 0 Å². The van der Waals surface area contributed by atoms with Crippen molar-refractivity contribution in [2.45, 2.75) is 119 Å². The van der Waals surface area contributed by atoms with Crippen LogP contribution >= 0.6 is 0 Å². The third-order valence-corrected chi connectivity index (χ3v) is 13.0. The number of rotatable bonds is 12. The molecule has 0 radical (unpaired) electrons. The molecule has 2 rings (SSSR count). The predicted molar refractivity (Wildman–Crippen MR) is 118 cm³/mol. The van der Waals surface area contributed by atoms with Crippen LogP contribution in [0.1, 0.15) is 119 Å². The zero-order valence-electron chi connectivity index (χ0n) is 19.0. The molecule has 0 aromatic heterocycles. The first-order chi connectivity index (χ1) is 13.1. The van der Waals surface area contributed by atoms with Gasteiger partial charge in [-0.2, -0.15) is 0 Å². The summed E-state index contributed by atoms with van der Waals surface area (Å²) in [6.45, 7) is 14.3. The Bertz CT molecular complexity index is 583. The molecule has 0 unspecified atom stereocenters. The van der Waals surface area contributed by atoms with Gasteiger partial charge in [0.25, 0.3) is 0 Å². The molecule has 0 aliphatic heterocycles. The first-order valence-electron chi connectivity index (χ1n) is 11.8. The molecule has 150 valence electrons. The van der Waals surface area contributed by atoms with E-state index in [1.165, 1.54) is 77.0 Å². The fraction of sp³-hybridized carbons (Fsp3) is 0.692. The van der Waals surface area contributed by atoms with Crippen LogP contribution in [-0.4, -0.2) is 0 Å². The maximum absolute atomic E-state index is 2.41. The summed E-state index contributed by atoms with van der Waals surface area (Å²) in [5.41, 5.74) is 11.0. The van der Waals surface area contributed by atoms with Crippen molar-refractivity contribution in [2.24, 2.45) is 0 Å². The van der Waals surface area contributed by atoms with Gasteiger partial charge in [0.2, 0.25) is 0 Å². The van der Waals surface area contributed by atoms with Crippen LogP contribution in [0, 0.1) is 0 Å². The second-order valence-electron chi connectivity index (χ2n) is 8.22. The molecule has 0 saturated heterocycles. The van der Waals surface area contributed by atoms with Crippen LogP contribution in [0.2, 0.25) is 0 Å². The molecule has 0 amide bonds. The monoisotopic (exact) mass is 534 g/mol. The minimum absolute atomic E-state index is 0.972. The van der Waals surface area contributed by atoms with Gasteiger partial charge in [-0.1, -0.05) is 0 Å². The molecule has 0 atom stereocenters. The third-order valence-electron chi connectivity index (χ3n) is 6.49. The van der Waals surface area contributed by atoms with E-state index in [1.807, 2.05) is 29.0 Å². The molecular weight excluding hydrogens is 491 g/mol. The number of hydrogen-bond donors (Lipinski definition) is 0. The molecular formula is C26H42Hf. The summed E-state index contributed by atoms with van der Waals surface area (Å²) in [4.78, 5) is 0. The molecule has 0 heterocycles.